The first-order valence-electron chi connectivity index (χ1n) is 7.37. The van der Waals surface area contributed by atoms with Crippen LogP contribution in [0.3, 0.4) is 0 Å². The zero-order valence-corrected chi connectivity index (χ0v) is 13.1. The number of hydrogen-bond acceptors (Lipinski definition) is 2. The molecule has 104 valence electrons. The van der Waals surface area contributed by atoms with E-state index in [0.717, 1.165) is 12.5 Å². The first-order chi connectivity index (χ1) is 7.88. The van der Waals surface area contributed by atoms with Crippen molar-refractivity contribution in [3.05, 3.63) is 0 Å². The normalized spacial score (nSPS) is 15.9. The van der Waals surface area contributed by atoms with E-state index in [1.165, 1.54) is 19.4 Å². The van der Waals surface area contributed by atoms with Gasteiger partial charge in [0.2, 0.25) is 0 Å². The van der Waals surface area contributed by atoms with Crippen LogP contribution in [0.5, 0.6) is 0 Å². The van der Waals surface area contributed by atoms with Crippen LogP contribution in [0.1, 0.15) is 61.3 Å². The van der Waals surface area contributed by atoms with Crippen LogP contribution in [-0.4, -0.2) is 36.1 Å². The minimum Gasteiger partial charge on any atom is -0.313 e. The molecule has 2 atom stereocenters. The Morgan fingerprint density at radius 2 is 1.59 bits per heavy atom. The van der Waals surface area contributed by atoms with Gasteiger partial charge >= 0.3 is 0 Å². The third-order valence-electron chi connectivity index (χ3n) is 3.29. The van der Waals surface area contributed by atoms with Gasteiger partial charge in [-0.2, -0.15) is 0 Å². The topological polar surface area (TPSA) is 15.3 Å². The lowest BCUT2D eigenvalue weighted by Gasteiger charge is -2.35. The van der Waals surface area contributed by atoms with Crippen molar-refractivity contribution in [3.8, 4) is 0 Å². The summed E-state index contributed by atoms with van der Waals surface area (Å²) in [6.07, 6.45) is 2.54. The summed E-state index contributed by atoms with van der Waals surface area (Å²) in [4.78, 5) is 2.61. The molecule has 0 heterocycles. The fourth-order valence-electron chi connectivity index (χ4n) is 2.35. The Labute approximate surface area is 109 Å². The van der Waals surface area contributed by atoms with Gasteiger partial charge in [0.1, 0.15) is 0 Å². The predicted octanol–water partition coefficient (Wildman–Crippen LogP) is 3.52. The third-order valence-corrected chi connectivity index (χ3v) is 3.29. The minimum atomic E-state index is 0.622. The number of hydrogen-bond donors (Lipinski definition) is 1. The predicted molar refractivity (Wildman–Crippen MR) is 78.5 cm³/mol. The molecule has 0 aromatic rings. The van der Waals surface area contributed by atoms with E-state index < -0.39 is 0 Å². The molecule has 0 aromatic heterocycles. The summed E-state index contributed by atoms with van der Waals surface area (Å²) >= 11 is 0. The Hall–Kier alpha value is -0.0800. The molecule has 0 aliphatic carbocycles. The molecule has 0 aliphatic rings. The van der Waals surface area contributed by atoms with Crippen molar-refractivity contribution in [3.63, 3.8) is 0 Å². The molecule has 0 bridgehead atoms. The Bertz CT molecular complexity index is 178. The summed E-state index contributed by atoms with van der Waals surface area (Å²) in [6, 6.07) is 1.91. The number of nitrogens with zero attached hydrogens (tertiary/aromatic N) is 1. The maximum atomic E-state index is 3.65. The Kier molecular flexibility index (Phi) is 8.89. The minimum absolute atomic E-state index is 0.622. The highest BCUT2D eigenvalue weighted by atomic mass is 15.2. The van der Waals surface area contributed by atoms with Gasteiger partial charge in [0.15, 0.2) is 0 Å². The molecule has 0 fully saturated rings. The second-order valence-electron chi connectivity index (χ2n) is 6.13. The molecular weight excluding hydrogens is 208 g/mol. The average molecular weight is 242 g/mol. The Morgan fingerprint density at radius 1 is 1.00 bits per heavy atom. The molecule has 0 radical (unpaired) electrons. The summed E-state index contributed by atoms with van der Waals surface area (Å²) in [5.41, 5.74) is 0. The lowest BCUT2D eigenvalue weighted by molar-refractivity contribution is 0.140. The molecular formula is C15H34N2. The van der Waals surface area contributed by atoms with E-state index in [1.54, 1.807) is 0 Å². The van der Waals surface area contributed by atoms with Gasteiger partial charge in [-0.05, 0) is 40.0 Å². The quantitative estimate of drug-likeness (QED) is 0.665. The van der Waals surface area contributed by atoms with Crippen molar-refractivity contribution in [2.75, 3.05) is 13.1 Å². The summed E-state index contributed by atoms with van der Waals surface area (Å²) in [5.74, 6) is 0.743. The highest BCUT2D eigenvalue weighted by molar-refractivity contribution is 4.75. The zero-order chi connectivity index (χ0) is 13.4. The molecule has 0 rings (SSSR count). The number of nitrogens with one attached hydrogen (secondary N) is 1. The van der Waals surface area contributed by atoms with Crippen LogP contribution in [0.4, 0.5) is 0 Å². The van der Waals surface area contributed by atoms with Gasteiger partial charge in [0, 0.05) is 31.2 Å². The SMILES string of the molecule is CCCC(C)NCC(C)N(CC(C)C)C(C)C. The highest BCUT2D eigenvalue weighted by Gasteiger charge is 2.18. The van der Waals surface area contributed by atoms with Crippen LogP contribution in [0.2, 0.25) is 0 Å². The molecule has 0 spiro atoms. The van der Waals surface area contributed by atoms with Crippen molar-refractivity contribution in [2.45, 2.75) is 79.4 Å². The van der Waals surface area contributed by atoms with E-state index in [4.69, 9.17) is 0 Å². The molecule has 2 nitrogen and oxygen atoms in total. The average Bonchev–Trinajstić information content (AvgIpc) is 2.22. The van der Waals surface area contributed by atoms with Crippen molar-refractivity contribution in [1.82, 2.24) is 10.2 Å². The van der Waals surface area contributed by atoms with Gasteiger partial charge in [-0.25, -0.2) is 0 Å². The van der Waals surface area contributed by atoms with E-state index in [2.05, 4.69) is 58.7 Å². The maximum Gasteiger partial charge on any atom is 0.0195 e. The van der Waals surface area contributed by atoms with Crippen molar-refractivity contribution in [1.29, 1.82) is 0 Å². The largest absolute Gasteiger partial charge is 0.313 e. The summed E-state index contributed by atoms with van der Waals surface area (Å²) in [7, 11) is 0. The Morgan fingerprint density at radius 3 is 2.00 bits per heavy atom. The number of rotatable bonds is 9. The van der Waals surface area contributed by atoms with Crippen LogP contribution < -0.4 is 5.32 Å². The fourth-order valence-corrected chi connectivity index (χ4v) is 2.35. The van der Waals surface area contributed by atoms with Crippen molar-refractivity contribution >= 4 is 0 Å². The van der Waals surface area contributed by atoms with Gasteiger partial charge < -0.3 is 5.32 Å². The fraction of sp³-hybridized carbons (Fsp3) is 1.00. The first kappa shape index (κ1) is 16.9. The lowest BCUT2D eigenvalue weighted by Crippen LogP contribution is -2.47. The lowest BCUT2D eigenvalue weighted by atomic mass is 10.1. The molecule has 0 aromatic carbocycles. The van der Waals surface area contributed by atoms with Crippen LogP contribution in [0, 0.1) is 5.92 Å². The van der Waals surface area contributed by atoms with Gasteiger partial charge in [0.05, 0.1) is 0 Å². The van der Waals surface area contributed by atoms with Crippen LogP contribution in [0.15, 0.2) is 0 Å². The zero-order valence-electron chi connectivity index (χ0n) is 13.1. The second-order valence-corrected chi connectivity index (χ2v) is 6.13. The summed E-state index contributed by atoms with van der Waals surface area (Å²) in [5, 5.41) is 3.65. The van der Waals surface area contributed by atoms with Gasteiger partial charge in [-0.3, -0.25) is 4.90 Å². The standard InChI is InChI=1S/C15H34N2/c1-8-9-14(6)16-10-15(7)17(13(4)5)11-12(2)3/h12-16H,8-11H2,1-7H3. The van der Waals surface area contributed by atoms with Crippen LogP contribution in [-0.2, 0) is 0 Å². The highest BCUT2D eigenvalue weighted by Crippen LogP contribution is 2.09. The van der Waals surface area contributed by atoms with Crippen LogP contribution in [0.25, 0.3) is 0 Å². The van der Waals surface area contributed by atoms with E-state index in [9.17, 15) is 0 Å². The van der Waals surface area contributed by atoms with E-state index in [-0.39, 0.29) is 0 Å². The molecule has 1 N–H and O–H groups in total. The molecule has 17 heavy (non-hydrogen) atoms. The first-order valence-corrected chi connectivity index (χ1v) is 7.37. The van der Waals surface area contributed by atoms with Gasteiger partial charge in [-0.1, -0.05) is 27.2 Å². The molecule has 0 saturated heterocycles. The second kappa shape index (κ2) is 8.93. The van der Waals surface area contributed by atoms with Gasteiger partial charge in [-0.15, -0.1) is 0 Å². The molecule has 0 saturated carbocycles. The molecule has 0 aliphatic heterocycles. The smallest absolute Gasteiger partial charge is 0.0195 e. The molecule has 2 heteroatoms. The Balaban J connectivity index is 4.09. The van der Waals surface area contributed by atoms with Crippen LogP contribution >= 0.6 is 0 Å². The maximum absolute atomic E-state index is 3.65. The molecule has 2 unspecified atom stereocenters. The molecule has 0 amide bonds. The van der Waals surface area contributed by atoms with E-state index in [1.807, 2.05) is 0 Å². The van der Waals surface area contributed by atoms with Gasteiger partial charge in [0.25, 0.3) is 0 Å². The monoisotopic (exact) mass is 242 g/mol. The third kappa shape index (κ3) is 7.77. The van der Waals surface area contributed by atoms with Crippen molar-refractivity contribution < 1.29 is 0 Å². The summed E-state index contributed by atoms with van der Waals surface area (Å²) < 4.78 is 0. The summed E-state index contributed by atoms with van der Waals surface area (Å²) in [6.45, 7) is 18.4. The van der Waals surface area contributed by atoms with E-state index in [0.29, 0.717) is 18.1 Å². The van der Waals surface area contributed by atoms with Crippen molar-refractivity contribution in [2.24, 2.45) is 5.92 Å². The van der Waals surface area contributed by atoms with E-state index >= 15 is 0 Å².